The second-order valence-electron chi connectivity index (χ2n) is 5.63. The molecule has 3 aromatic rings. The number of halogens is 1. The van der Waals surface area contributed by atoms with Crippen LogP contribution in [0.4, 0.5) is 0 Å². The van der Waals surface area contributed by atoms with E-state index in [4.69, 9.17) is 10.00 Å². The molecule has 0 aliphatic rings. The average molecular weight is 410 g/mol. The Morgan fingerprint density at radius 1 is 1.19 bits per heavy atom. The van der Waals surface area contributed by atoms with Crippen LogP contribution in [0.15, 0.2) is 65.3 Å². The summed E-state index contributed by atoms with van der Waals surface area (Å²) in [6.45, 7) is 0.616. The number of nitrogens with zero attached hydrogens (tertiary/aromatic N) is 3. The maximum absolute atomic E-state index is 12.6. The molecule has 0 N–H and O–H groups in total. The molecular formula is C20H16BrN3O2. The molecule has 0 saturated carbocycles. The highest BCUT2D eigenvalue weighted by molar-refractivity contribution is 9.10. The SMILES string of the molecule is N#CCCn1cc(C(=O)OCc2ccccc2)c(-c2cccc(Br)c2)n1. The highest BCUT2D eigenvalue weighted by atomic mass is 79.9. The topological polar surface area (TPSA) is 67.9 Å². The van der Waals surface area contributed by atoms with E-state index in [1.807, 2.05) is 54.6 Å². The lowest BCUT2D eigenvalue weighted by Crippen LogP contribution is -2.06. The quantitative estimate of drug-likeness (QED) is 0.558. The monoisotopic (exact) mass is 409 g/mol. The molecule has 0 aliphatic carbocycles. The van der Waals surface area contributed by atoms with Gasteiger partial charge in [0, 0.05) is 16.2 Å². The molecule has 1 heterocycles. The van der Waals surface area contributed by atoms with Crippen LogP contribution in [0.25, 0.3) is 11.3 Å². The molecule has 130 valence electrons. The van der Waals surface area contributed by atoms with E-state index >= 15 is 0 Å². The summed E-state index contributed by atoms with van der Waals surface area (Å²) < 4.78 is 7.96. The Hall–Kier alpha value is -2.91. The molecule has 0 aliphatic heterocycles. The van der Waals surface area contributed by atoms with Gasteiger partial charge in [-0.05, 0) is 17.7 Å². The lowest BCUT2D eigenvalue weighted by molar-refractivity contribution is 0.0473. The summed E-state index contributed by atoms with van der Waals surface area (Å²) in [5.74, 6) is -0.438. The van der Waals surface area contributed by atoms with Gasteiger partial charge in [0.2, 0.25) is 0 Å². The predicted molar refractivity (Wildman–Crippen MR) is 101 cm³/mol. The van der Waals surface area contributed by atoms with Crippen LogP contribution in [0.2, 0.25) is 0 Å². The molecule has 3 rings (SSSR count). The zero-order valence-corrected chi connectivity index (χ0v) is 15.5. The van der Waals surface area contributed by atoms with Gasteiger partial charge in [0.05, 0.1) is 19.0 Å². The highest BCUT2D eigenvalue weighted by Crippen LogP contribution is 2.26. The number of ether oxygens (including phenoxy) is 1. The number of carbonyl (C=O) groups is 1. The summed E-state index contributed by atoms with van der Waals surface area (Å²) in [6.07, 6.45) is 1.96. The summed E-state index contributed by atoms with van der Waals surface area (Å²) in [7, 11) is 0. The maximum Gasteiger partial charge on any atom is 0.342 e. The summed E-state index contributed by atoms with van der Waals surface area (Å²) in [5.41, 5.74) is 2.66. The van der Waals surface area contributed by atoms with Gasteiger partial charge in [-0.15, -0.1) is 0 Å². The second-order valence-corrected chi connectivity index (χ2v) is 6.55. The predicted octanol–water partition coefficient (Wildman–Crippen LogP) is 4.58. The number of benzene rings is 2. The molecule has 0 atom stereocenters. The smallest absolute Gasteiger partial charge is 0.342 e. The third-order valence-electron chi connectivity index (χ3n) is 3.75. The average Bonchev–Trinajstić information content (AvgIpc) is 3.10. The normalized spacial score (nSPS) is 10.3. The van der Waals surface area contributed by atoms with E-state index in [1.165, 1.54) is 0 Å². The fourth-order valence-electron chi connectivity index (χ4n) is 2.50. The Morgan fingerprint density at radius 2 is 2.00 bits per heavy atom. The molecule has 1 aromatic heterocycles. The van der Waals surface area contributed by atoms with Crippen LogP contribution in [0.5, 0.6) is 0 Å². The summed E-state index contributed by atoms with van der Waals surface area (Å²) in [5, 5.41) is 13.3. The Balaban J connectivity index is 1.87. The molecule has 5 nitrogen and oxygen atoms in total. The summed E-state index contributed by atoms with van der Waals surface area (Å²) in [4.78, 5) is 12.6. The van der Waals surface area contributed by atoms with Crippen molar-refractivity contribution in [3.05, 3.63) is 76.4 Å². The minimum Gasteiger partial charge on any atom is -0.457 e. The van der Waals surface area contributed by atoms with Crippen LogP contribution in [0.1, 0.15) is 22.3 Å². The highest BCUT2D eigenvalue weighted by Gasteiger charge is 2.19. The molecule has 0 bridgehead atoms. The van der Waals surface area contributed by atoms with E-state index < -0.39 is 5.97 Å². The van der Waals surface area contributed by atoms with Crippen LogP contribution in [-0.4, -0.2) is 15.7 Å². The van der Waals surface area contributed by atoms with E-state index in [1.54, 1.807) is 10.9 Å². The largest absolute Gasteiger partial charge is 0.457 e. The number of aromatic nitrogens is 2. The van der Waals surface area contributed by atoms with Crippen LogP contribution in [0.3, 0.4) is 0 Å². The van der Waals surface area contributed by atoms with Gasteiger partial charge in [-0.25, -0.2) is 4.79 Å². The Labute approximate surface area is 160 Å². The number of aryl methyl sites for hydroxylation is 1. The number of hydrogen-bond donors (Lipinski definition) is 0. The van der Waals surface area contributed by atoms with Gasteiger partial charge in [-0.2, -0.15) is 10.4 Å². The van der Waals surface area contributed by atoms with Gasteiger partial charge in [0.15, 0.2) is 0 Å². The van der Waals surface area contributed by atoms with Crippen molar-refractivity contribution in [1.82, 2.24) is 9.78 Å². The van der Waals surface area contributed by atoms with Crippen molar-refractivity contribution in [1.29, 1.82) is 5.26 Å². The zero-order chi connectivity index (χ0) is 18.4. The van der Waals surface area contributed by atoms with Crippen molar-refractivity contribution in [2.24, 2.45) is 0 Å². The molecular weight excluding hydrogens is 394 g/mol. The van der Waals surface area contributed by atoms with Crippen LogP contribution < -0.4 is 0 Å². The minimum absolute atomic E-state index is 0.195. The molecule has 0 spiro atoms. The number of hydrogen-bond acceptors (Lipinski definition) is 4. The second kappa shape index (κ2) is 8.45. The van der Waals surface area contributed by atoms with E-state index in [9.17, 15) is 4.79 Å². The molecule has 0 radical (unpaired) electrons. The standard InChI is InChI=1S/C20H16BrN3O2/c21-17-9-4-8-16(12-17)19-18(13-24(23-19)11-5-10-22)20(25)26-14-15-6-2-1-3-7-15/h1-4,6-9,12-13H,5,11,14H2. The van der Waals surface area contributed by atoms with Crippen LogP contribution >= 0.6 is 15.9 Å². The first-order valence-corrected chi connectivity index (χ1v) is 8.88. The van der Waals surface area contributed by atoms with Crippen LogP contribution in [-0.2, 0) is 17.9 Å². The first-order valence-electron chi connectivity index (χ1n) is 8.09. The van der Waals surface area contributed by atoms with Gasteiger partial charge in [0.1, 0.15) is 17.9 Å². The van der Waals surface area contributed by atoms with E-state index in [2.05, 4.69) is 27.1 Å². The summed E-state index contributed by atoms with van der Waals surface area (Å²) in [6, 6.07) is 19.2. The number of rotatable bonds is 6. The minimum atomic E-state index is -0.438. The van der Waals surface area contributed by atoms with Crippen molar-refractivity contribution < 1.29 is 9.53 Å². The van der Waals surface area contributed by atoms with Gasteiger partial charge in [0.25, 0.3) is 0 Å². The first-order chi connectivity index (χ1) is 12.7. The third kappa shape index (κ3) is 4.38. The Kier molecular flexibility index (Phi) is 5.82. The summed E-state index contributed by atoms with van der Waals surface area (Å²) >= 11 is 3.44. The Bertz CT molecular complexity index is 945. The lowest BCUT2D eigenvalue weighted by atomic mass is 10.1. The molecule has 0 fully saturated rings. The van der Waals surface area contributed by atoms with Crippen molar-refractivity contribution in [3.63, 3.8) is 0 Å². The van der Waals surface area contributed by atoms with E-state index in [0.29, 0.717) is 24.2 Å². The number of esters is 1. The molecule has 26 heavy (non-hydrogen) atoms. The van der Waals surface area contributed by atoms with Gasteiger partial charge in [-0.3, -0.25) is 4.68 Å². The number of nitriles is 1. The molecule has 6 heteroatoms. The number of carbonyl (C=O) groups excluding carboxylic acids is 1. The Morgan fingerprint density at radius 3 is 2.73 bits per heavy atom. The fourth-order valence-corrected chi connectivity index (χ4v) is 2.90. The molecule has 0 unspecified atom stereocenters. The zero-order valence-electron chi connectivity index (χ0n) is 13.9. The maximum atomic E-state index is 12.6. The van der Waals surface area contributed by atoms with E-state index in [0.717, 1.165) is 15.6 Å². The third-order valence-corrected chi connectivity index (χ3v) is 4.24. The van der Waals surface area contributed by atoms with Crippen molar-refractivity contribution >= 4 is 21.9 Å². The first kappa shape index (κ1) is 17.9. The molecule has 2 aromatic carbocycles. The fraction of sp³-hybridized carbons (Fsp3) is 0.150. The van der Waals surface area contributed by atoms with Crippen molar-refractivity contribution in [3.8, 4) is 17.3 Å². The van der Waals surface area contributed by atoms with Gasteiger partial charge >= 0.3 is 5.97 Å². The van der Waals surface area contributed by atoms with Crippen LogP contribution in [0, 0.1) is 11.3 Å². The lowest BCUT2D eigenvalue weighted by Gasteiger charge is -2.05. The van der Waals surface area contributed by atoms with Gasteiger partial charge in [-0.1, -0.05) is 58.4 Å². The van der Waals surface area contributed by atoms with Gasteiger partial charge < -0.3 is 4.74 Å². The molecule has 0 amide bonds. The van der Waals surface area contributed by atoms with E-state index in [-0.39, 0.29) is 6.61 Å². The van der Waals surface area contributed by atoms with Crippen molar-refractivity contribution in [2.75, 3.05) is 0 Å². The van der Waals surface area contributed by atoms with Crippen molar-refractivity contribution in [2.45, 2.75) is 19.6 Å². The molecule has 0 saturated heterocycles.